The highest BCUT2D eigenvalue weighted by atomic mass is 16.5. The van der Waals surface area contributed by atoms with Gasteiger partial charge in [-0.05, 0) is 39.0 Å². The second kappa shape index (κ2) is 5.51. The molecule has 0 aliphatic rings. The molecule has 0 amide bonds. The van der Waals surface area contributed by atoms with Gasteiger partial charge in [0.25, 0.3) is 0 Å². The van der Waals surface area contributed by atoms with Crippen LogP contribution in [0, 0.1) is 0 Å². The van der Waals surface area contributed by atoms with E-state index in [2.05, 4.69) is 82.6 Å². The number of rotatable bonds is 2. The largest absolute Gasteiger partial charge is 0.487 e. The number of hydrogen-bond donors (Lipinski definition) is 0. The van der Waals surface area contributed by atoms with E-state index in [1.165, 1.54) is 5.69 Å². The van der Waals surface area contributed by atoms with E-state index in [4.69, 9.17) is 4.74 Å². The summed E-state index contributed by atoms with van der Waals surface area (Å²) in [5, 5.41) is 0. The molecule has 2 nitrogen and oxygen atoms in total. The molecule has 112 valence electrons. The third-order valence-corrected chi connectivity index (χ3v) is 3.16. The van der Waals surface area contributed by atoms with Crippen molar-refractivity contribution >= 4 is 0 Å². The molecule has 2 rings (SSSR count). The fourth-order valence-electron chi connectivity index (χ4n) is 2.34. The van der Waals surface area contributed by atoms with E-state index in [-0.39, 0.29) is 11.1 Å². The van der Waals surface area contributed by atoms with Crippen LogP contribution >= 0.6 is 0 Å². The van der Waals surface area contributed by atoms with E-state index in [0.29, 0.717) is 0 Å². The van der Waals surface area contributed by atoms with Crippen LogP contribution in [0.4, 0.5) is 0 Å². The molecule has 0 saturated carbocycles. The van der Waals surface area contributed by atoms with E-state index in [1.54, 1.807) is 0 Å². The zero-order chi connectivity index (χ0) is 15.7. The highest BCUT2D eigenvalue weighted by Gasteiger charge is 2.28. The zero-order valence-electron chi connectivity index (χ0n) is 14.0. The first-order chi connectivity index (χ1) is 9.68. The van der Waals surface area contributed by atoms with Gasteiger partial charge in [-0.15, -0.1) is 0 Å². The molecule has 1 aromatic carbocycles. The van der Waals surface area contributed by atoms with Gasteiger partial charge >= 0.3 is 0 Å². The van der Waals surface area contributed by atoms with Crippen molar-refractivity contribution in [1.82, 2.24) is 0 Å². The van der Waals surface area contributed by atoms with Crippen molar-refractivity contribution < 1.29 is 9.30 Å². The fraction of sp³-hybridized carbons (Fsp3) is 0.421. The molecular weight excluding hydrogens is 258 g/mol. The monoisotopic (exact) mass is 284 g/mol. The standard InChI is InChI=1S/C19H26NO/c1-18(2,3)20-14-10-9-12-16(20)15-11-7-8-13-17(15)21-19(4,5)6/h7-14H,1-6H3/q+1. The molecule has 0 saturated heterocycles. The molecule has 0 aliphatic heterocycles. The smallest absolute Gasteiger partial charge is 0.216 e. The lowest BCUT2D eigenvalue weighted by Crippen LogP contribution is -2.51. The number of aromatic nitrogens is 1. The Morgan fingerprint density at radius 3 is 2.05 bits per heavy atom. The van der Waals surface area contributed by atoms with Crippen molar-refractivity contribution in [3.8, 4) is 17.0 Å². The third kappa shape index (κ3) is 3.84. The van der Waals surface area contributed by atoms with Crippen molar-refractivity contribution in [3.63, 3.8) is 0 Å². The number of pyridine rings is 1. The summed E-state index contributed by atoms with van der Waals surface area (Å²) >= 11 is 0. The maximum Gasteiger partial charge on any atom is 0.216 e. The molecule has 0 bridgehead atoms. The van der Waals surface area contributed by atoms with Crippen molar-refractivity contribution in [2.45, 2.75) is 52.7 Å². The molecule has 0 aliphatic carbocycles. The summed E-state index contributed by atoms with van der Waals surface area (Å²) in [5.41, 5.74) is 2.11. The van der Waals surface area contributed by atoms with Gasteiger partial charge in [-0.1, -0.05) is 12.1 Å². The average Bonchev–Trinajstić information content (AvgIpc) is 2.36. The molecule has 21 heavy (non-hydrogen) atoms. The maximum absolute atomic E-state index is 6.14. The van der Waals surface area contributed by atoms with E-state index in [0.717, 1.165) is 11.3 Å². The highest BCUT2D eigenvalue weighted by Crippen LogP contribution is 2.31. The summed E-state index contributed by atoms with van der Waals surface area (Å²) in [4.78, 5) is 0. The van der Waals surface area contributed by atoms with Gasteiger partial charge in [0.2, 0.25) is 5.69 Å². The van der Waals surface area contributed by atoms with Gasteiger partial charge in [-0.3, -0.25) is 0 Å². The first kappa shape index (κ1) is 15.6. The van der Waals surface area contributed by atoms with Gasteiger partial charge in [0.1, 0.15) is 11.4 Å². The normalized spacial score (nSPS) is 12.3. The van der Waals surface area contributed by atoms with Crippen LogP contribution in [-0.4, -0.2) is 5.60 Å². The van der Waals surface area contributed by atoms with Crippen LogP contribution < -0.4 is 9.30 Å². The Kier molecular flexibility index (Phi) is 4.08. The Hall–Kier alpha value is -1.83. The van der Waals surface area contributed by atoms with Crippen molar-refractivity contribution in [2.75, 3.05) is 0 Å². The number of hydrogen-bond acceptors (Lipinski definition) is 1. The summed E-state index contributed by atoms with van der Waals surface area (Å²) in [6.07, 6.45) is 2.13. The third-order valence-electron chi connectivity index (χ3n) is 3.16. The summed E-state index contributed by atoms with van der Waals surface area (Å²) in [6.45, 7) is 12.9. The Morgan fingerprint density at radius 2 is 1.43 bits per heavy atom. The van der Waals surface area contributed by atoms with Gasteiger partial charge in [0.05, 0.1) is 5.56 Å². The molecule has 0 radical (unpaired) electrons. The van der Waals surface area contributed by atoms with Gasteiger partial charge in [-0.2, -0.15) is 4.57 Å². The van der Waals surface area contributed by atoms with Gasteiger partial charge < -0.3 is 4.74 Å². The minimum absolute atomic E-state index is 0.0193. The Bertz CT molecular complexity index is 618. The summed E-state index contributed by atoms with van der Waals surface area (Å²) < 4.78 is 8.43. The summed E-state index contributed by atoms with van der Waals surface area (Å²) in [7, 11) is 0. The quantitative estimate of drug-likeness (QED) is 0.736. The molecule has 2 heteroatoms. The lowest BCUT2D eigenvalue weighted by molar-refractivity contribution is -0.744. The Balaban J connectivity index is 2.58. The van der Waals surface area contributed by atoms with E-state index in [9.17, 15) is 0 Å². The predicted octanol–water partition coefficient (Wildman–Crippen LogP) is 4.57. The Morgan fingerprint density at radius 1 is 0.810 bits per heavy atom. The van der Waals surface area contributed by atoms with E-state index >= 15 is 0 Å². The summed E-state index contributed by atoms with van der Waals surface area (Å²) in [6, 6.07) is 14.5. The van der Waals surface area contributed by atoms with Crippen LogP contribution in [-0.2, 0) is 5.54 Å². The van der Waals surface area contributed by atoms with Crippen LogP contribution in [0.2, 0.25) is 0 Å². The molecule has 1 heterocycles. The van der Waals surface area contributed by atoms with Gasteiger partial charge in [0, 0.05) is 32.9 Å². The number of benzene rings is 1. The van der Waals surface area contributed by atoms with Gasteiger partial charge in [0.15, 0.2) is 11.7 Å². The first-order valence-corrected chi connectivity index (χ1v) is 7.48. The topological polar surface area (TPSA) is 13.1 Å². The number of nitrogens with zero attached hydrogens (tertiary/aromatic N) is 1. The summed E-state index contributed by atoms with van der Waals surface area (Å²) in [5.74, 6) is 0.925. The van der Waals surface area contributed by atoms with Crippen LogP contribution in [0.5, 0.6) is 5.75 Å². The SMILES string of the molecule is CC(C)(C)Oc1ccccc1-c1cccc[n+]1C(C)(C)C. The van der Waals surface area contributed by atoms with Crippen LogP contribution in [0.15, 0.2) is 48.7 Å². The highest BCUT2D eigenvalue weighted by molar-refractivity contribution is 5.64. The molecule has 0 spiro atoms. The minimum Gasteiger partial charge on any atom is -0.487 e. The molecule has 0 atom stereocenters. The zero-order valence-corrected chi connectivity index (χ0v) is 14.0. The van der Waals surface area contributed by atoms with Crippen LogP contribution in [0.25, 0.3) is 11.3 Å². The lowest BCUT2D eigenvalue weighted by Gasteiger charge is -2.23. The van der Waals surface area contributed by atoms with Gasteiger partial charge in [-0.25, -0.2) is 0 Å². The Labute approximate surface area is 128 Å². The molecular formula is C19H26NO+. The molecule has 1 aromatic heterocycles. The molecule has 0 unspecified atom stereocenters. The fourth-order valence-corrected chi connectivity index (χ4v) is 2.34. The maximum atomic E-state index is 6.14. The van der Waals surface area contributed by atoms with Crippen LogP contribution in [0.3, 0.4) is 0 Å². The van der Waals surface area contributed by atoms with E-state index in [1.807, 2.05) is 12.1 Å². The first-order valence-electron chi connectivity index (χ1n) is 7.48. The van der Waals surface area contributed by atoms with E-state index < -0.39 is 0 Å². The van der Waals surface area contributed by atoms with Crippen molar-refractivity contribution in [3.05, 3.63) is 48.7 Å². The molecule has 0 fully saturated rings. The molecule has 0 N–H and O–H groups in total. The average molecular weight is 284 g/mol. The van der Waals surface area contributed by atoms with Crippen molar-refractivity contribution in [1.29, 1.82) is 0 Å². The number of ether oxygens (including phenoxy) is 1. The van der Waals surface area contributed by atoms with Crippen molar-refractivity contribution in [2.24, 2.45) is 0 Å². The number of para-hydroxylation sites is 1. The second-order valence-electron chi connectivity index (χ2n) is 7.34. The predicted molar refractivity (Wildman–Crippen MR) is 87.5 cm³/mol. The van der Waals surface area contributed by atoms with Crippen LogP contribution in [0.1, 0.15) is 41.5 Å². The minimum atomic E-state index is -0.211. The second-order valence-corrected chi connectivity index (χ2v) is 7.34. The molecule has 2 aromatic rings. The lowest BCUT2D eigenvalue weighted by atomic mass is 10.0.